The number of primary amides is 1. The minimum Gasteiger partial charge on any atom is -0.459 e. The van der Waals surface area contributed by atoms with E-state index in [2.05, 4.69) is 10.5 Å². The molecule has 0 aliphatic heterocycles. The van der Waals surface area contributed by atoms with Crippen molar-refractivity contribution in [3.63, 3.8) is 0 Å². The number of hydrazone groups is 1. The quantitative estimate of drug-likeness (QED) is 0.491. The van der Waals surface area contributed by atoms with Crippen LogP contribution in [0.5, 0.6) is 0 Å². The smallest absolute Gasteiger partial charge is 0.339 e. The van der Waals surface area contributed by atoms with Crippen LogP contribution in [0.15, 0.2) is 39.9 Å². The van der Waals surface area contributed by atoms with Gasteiger partial charge in [0.05, 0.1) is 17.9 Å². The molecule has 0 aliphatic carbocycles. The summed E-state index contributed by atoms with van der Waals surface area (Å²) in [4.78, 5) is 22.8. The van der Waals surface area contributed by atoms with Crippen molar-refractivity contribution < 1.29 is 18.7 Å². The van der Waals surface area contributed by atoms with Crippen molar-refractivity contribution in [2.45, 2.75) is 20.0 Å². The summed E-state index contributed by atoms with van der Waals surface area (Å²) in [6, 6.07) is 7.28. The number of rotatable bonds is 5. The molecule has 1 aromatic heterocycles. The number of nitrogens with two attached hydrogens (primary N) is 1. The topological polar surface area (TPSA) is 107 Å². The van der Waals surface area contributed by atoms with Crippen molar-refractivity contribution in [2.75, 3.05) is 0 Å². The first-order valence-electron chi connectivity index (χ1n) is 7.06. The number of esters is 1. The molecule has 2 amide bonds. The maximum atomic E-state index is 12.2. The third-order valence-corrected chi connectivity index (χ3v) is 3.04. The summed E-state index contributed by atoms with van der Waals surface area (Å²) >= 11 is 6.02. The van der Waals surface area contributed by atoms with Gasteiger partial charge in [-0.1, -0.05) is 11.6 Å². The van der Waals surface area contributed by atoms with E-state index in [-0.39, 0.29) is 6.10 Å². The average Bonchev–Trinajstić information content (AvgIpc) is 2.94. The highest BCUT2D eigenvalue weighted by Crippen LogP contribution is 2.29. The van der Waals surface area contributed by atoms with E-state index in [4.69, 9.17) is 26.5 Å². The van der Waals surface area contributed by atoms with Crippen molar-refractivity contribution in [3.8, 4) is 11.3 Å². The van der Waals surface area contributed by atoms with E-state index < -0.39 is 12.0 Å². The summed E-state index contributed by atoms with van der Waals surface area (Å²) in [5.41, 5.74) is 7.79. The predicted octanol–water partition coefficient (Wildman–Crippen LogP) is 3.17. The van der Waals surface area contributed by atoms with Gasteiger partial charge in [-0.05, 0) is 44.2 Å². The number of hydrogen-bond acceptors (Lipinski definition) is 5. The molecule has 3 N–H and O–H groups in total. The van der Waals surface area contributed by atoms with Gasteiger partial charge in [0.1, 0.15) is 11.5 Å². The molecule has 0 saturated heterocycles. The monoisotopic (exact) mass is 349 g/mol. The van der Waals surface area contributed by atoms with Crippen molar-refractivity contribution in [1.29, 1.82) is 0 Å². The first-order valence-corrected chi connectivity index (χ1v) is 7.44. The zero-order valence-corrected chi connectivity index (χ0v) is 13.8. The highest BCUT2D eigenvalue weighted by molar-refractivity contribution is 6.31. The Balaban J connectivity index is 2.33. The minimum absolute atomic E-state index is 0.250. The second-order valence-corrected chi connectivity index (χ2v) is 5.52. The number of halogens is 1. The Morgan fingerprint density at radius 1 is 1.33 bits per heavy atom. The van der Waals surface area contributed by atoms with Gasteiger partial charge in [0.15, 0.2) is 0 Å². The number of furan rings is 1. The summed E-state index contributed by atoms with van der Waals surface area (Å²) in [5.74, 6) is 0.300. The third kappa shape index (κ3) is 4.60. The van der Waals surface area contributed by atoms with Crippen LogP contribution in [0.2, 0.25) is 5.02 Å². The molecule has 0 bridgehead atoms. The number of benzene rings is 1. The summed E-state index contributed by atoms with van der Waals surface area (Å²) in [6.07, 6.45) is 1.03. The lowest BCUT2D eigenvalue weighted by atomic mass is 10.1. The van der Waals surface area contributed by atoms with E-state index >= 15 is 0 Å². The van der Waals surface area contributed by atoms with E-state index in [1.165, 1.54) is 6.21 Å². The van der Waals surface area contributed by atoms with E-state index in [0.29, 0.717) is 27.7 Å². The lowest BCUT2D eigenvalue weighted by Crippen LogP contribution is -2.24. The fourth-order valence-corrected chi connectivity index (χ4v) is 2.07. The standard InChI is InChI=1S/C16H16ClN3O4/c1-9(2)23-15(21)12-5-3-10(17)7-13(12)14-6-4-11(24-14)8-19-20-16(18)22/h3-9H,1-2H3,(H3,18,20,22)/b19-8-. The summed E-state index contributed by atoms with van der Waals surface area (Å²) < 4.78 is 10.8. The Hall–Kier alpha value is -2.80. The normalized spacial score (nSPS) is 11.0. The lowest BCUT2D eigenvalue weighted by molar-refractivity contribution is 0.0378. The Labute approximate surface area is 143 Å². The Morgan fingerprint density at radius 3 is 2.75 bits per heavy atom. The van der Waals surface area contributed by atoms with Gasteiger partial charge in [0.25, 0.3) is 0 Å². The molecule has 0 atom stereocenters. The summed E-state index contributed by atoms with van der Waals surface area (Å²) in [5, 5.41) is 4.05. The molecule has 8 heteroatoms. The summed E-state index contributed by atoms with van der Waals surface area (Å²) in [6.45, 7) is 3.53. The molecule has 0 aliphatic rings. The first-order chi connectivity index (χ1) is 11.4. The maximum absolute atomic E-state index is 12.2. The second-order valence-electron chi connectivity index (χ2n) is 5.08. The van der Waals surface area contributed by atoms with Crippen LogP contribution in [0, 0.1) is 0 Å². The molecule has 126 valence electrons. The van der Waals surface area contributed by atoms with Crippen LogP contribution < -0.4 is 11.2 Å². The number of carbonyl (C=O) groups excluding carboxylic acids is 2. The van der Waals surface area contributed by atoms with Crippen molar-refractivity contribution in [2.24, 2.45) is 10.8 Å². The summed E-state index contributed by atoms with van der Waals surface area (Å²) in [7, 11) is 0. The van der Waals surface area contributed by atoms with Gasteiger partial charge >= 0.3 is 12.0 Å². The van der Waals surface area contributed by atoms with Gasteiger partial charge in [-0.2, -0.15) is 5.10 Å². The molecule has 2 rings (SSSR count). The minimum atomic E-state index is -0.786. The van der Waals surface area contributed by atoms with Crippen LogP contribution in [-0.2, 0) is 4.74 Å². The number of carbonyl (C=O) groups is 2. The fourth-order valence-electron chi connectivity index (χ4n) is 1.90. The van der Waals surface area contributed by atoms with Gasteiger partial charge < -0.3 is 14.9 Å². The number of hydrogen-bond donors (Lipinski definition) is 2. The van der Waals surface area contributed by atoms with Gasteiger partial charge in [0.2, 0.25) is 0 Å². The van der Waals surface area contributed by atoms with Crippen LogP contribution in [0.25, 0.3) is 11.3 Å². The molecule has 7 nitrogen and oxygen atoms in total. The number of amides is 2. The van der Waals surface area contributed by atoms with Crippen molar-refractivity contribution in [3.05, 3.63) is 46.7 Å². The highest BCUT2D eigenvalue weighted by atomic mass is 35.5. The SMILES string of the molecule is CC(C)OC(=O)c1ccc(Cl)cc1-c1ccc(/C=N\NC(N)=O)o1. The van der Waals surface area contributed by atoms with Crippen molar-refractivity contribution in [1.82, 2.24) is 5.43 Å². The first kappa shape index (κ1) is 17.6. The molecular weight excluding hydrogens is 334 g/mol. The zero-order valence-electron chi connectivity index (χ0n) is 13.1. The number of nitrogens with one attached hydrogen (secondary N) is 1. The molecular formula is C16H16ClN3O4. The number of urea groups is 1. The average molecular weight is 350 g/mol. The van der Waals surface area contributed by atoms with Crippen LogP contribution in [0.4, 0.5) is 4.79 Å². The lowest BCUT2D eigenvalue weighted by Gasteiger charge is -2.11. The molecule has 2 aromatic rings. The Bertz CT molecular complexity index is 783. The maximum Gasteiger partial charge on any atom is 0.339 e. The number of ether oxygens (including phenoxy) is 1. The van der Waals surface area contributed by atoms with Crippen molar-refractivity contribution >= 4 is 29.8 Å². The molecule has 0 fully saturated rings. The molecule has 1 heterocycles. The van der Waals surface area contributed by atoms with Crippen LogP contribution in [0.1, 0.15) is 30.0 Å². The van der Waals surface area contributed by atoms with Gasteiger partial charge in [0, 0.05) is 10.6 Å². The van der Waals surface area contributed by atoms with Gasteiger partial charge in [-0.3, -0.25) is 0 Å². The number of nitrogens with zero attached hydrogens (tertiary/aromatic N) is 1. The van der Waals surface area contributed by atoms with Crippen LogP contribution in [-0.4, -0.2) is 24.3 Å². The molecule has 0 radical (unpaired) electrons. The molecule has 0 unspecified atom stereocenters. The highest BCUT2D eigenvalue weighted by Gasteiger charge is 2.18. The van der Waals surface area contributed by atoms with E-state index in [1.54, 1.807) is 44.2 Å². The van der Waals surface area contributed by atoms with Crippen LogP contribution in [0.3, 0.4) is 0 Å². The largest absolute Gasteiger partial charge is 0.459 e. The van der Waals surface area contributed by atoms with Gasteiger partial charge in [-0.15, -0.1) is 0 Å². The molecule has 1 aromatic carbocycles. The van der Waals surface area contributed by atoms with Gasteiger partial charge in [-0.25, -0.2) is 15.0 Å². The third-order valence-electron chi connectivity index (χ3n) is 2.80. The second kappa shape index (κ2) is 7.65. The molecule has 0 saturated carbocycles. The van der Waals surface area contributed by atoms with E-state index in [1.807, 2.05) is 0 Å². The Morgan fingerprint density at radius 2 is 2.08 bits per heavy atom. The zero-order chi connectivity index (χ0) is 17.7. The molecule has 0 spiro atoms. The van der Waals surface area contributed by atoms with E-state index in [0.717, 1.165) is 0 Å². The van der Waals surface area contributed by atoms with Crippen LogP contribution >= 0.6 is 11.6 Å². The molecule has 24 heavy (non-hydrogen) atoms. The fraction of sp³-hybridized carbons (Fsp3) is 0.188. The predicted molar refractivity (Wildman–Crippen MR) is 90.0 cm³/mol. The van der Waals surface area contributed by atoms with E-state index in [9.17, 15) is 9.59 Å². The Kier molecular flexibility index (Phi) is 5.59.